The van der Waals surface area contributed by atoms with Crippen molar-refractivity contribution in [2.24, 2.45) is 5.92 Å². The Hall–Kier alpha value is -1.76. The van der Waals surface area contributed by atoms with E-state index in [1.807, 2.05) is 0 Å². The van der Waals surface area contributed by atoms with E-state index in [0.717, 1.165) is 18.6 Å². The molecule has 17 heavy (non-hydrogen) atoms. The first-order valence-corrected chi connectivity index (χ1v) is 6.24. The molecule has 2 aliphatic rings. The summed E-state index contributed by atoms with van der Waals surface area (Å²) in [5.74, 6) is 1.70. The van der Waals surface area contributed by atoms with E-state index in [-0.39, 0.29) is 6.10 Å². The van der Waals surface area contributed by atoms with Gasteiger partial charge in [0.05, 0.1) is 0 Å². The summed E-state index contributed by atoms with van der Waals surface area (Å²) in [7, 11) is 0. The molecule has 2 aromatic carbocycles. The molecule has 0 bridgehead atoms. The number of hydrogen-bond acceptors (Lipinski definition) is 1. The molecule has 1 aliphatic heterocycles. The van der Waals surface area contributed by atoms with Gasteiger partial charge >= 0.3 is 0 Å². The highest BCUT2D eigenvalue weighted by atomic mass is 16.5. The van der Waals surface area contributed by atoms with E-state index < -0.39 is 0 Å². The standard InChI is InChI=1S/C16H14O/c1-3-7-14-11(5-1)9-13-10-12-6-2-4-8-15(12)17-16(13)14/h1-8,13,16H,9-10H2/t13-,16+/m1/s1. The Kier molecular flexibility index (Phi) is 1.84. The molecule has 1 heterocycles. The van der Waals surface area contributed by atoms with Crippen molar-refractivity contribution < 1.29 is 4.74 Å². The van der Waals surface area contributed by atoms with Crippen LogP contribution < -0.4 is 4.74 Å². The Bertz CT molecular complexity index is 567. The molecule has 0 spiro atoms. The molecule has 0 fully saturated rings. The van der Waals surface area contributed by atoms with E-state index in [9.17, 15) is 0 Å². The smallest absolute Gasteiger partial charge is 0.127 e. The van der Waals surface area contributed by atoms with Crippen molar-refractivity contribution in [1.82, 2.24) is 0 Å². The van der Waals surface area contributed by atoms with E-state index in [1.54, 1.807) is 0 Å². The third-order valence-electron chi connectivity index (χ3n) is 3.98. The molecule has 0 unspecified atom stereocenters. The second kappa shape index (κ2) is 3.36. The van der Waals surface area contributed by atoms with Gasteiger partial charge in [0.25, 0.3) is 0 Å². The number of fused-ring (bicyclic) bond motifs is 4. The highest BCUT2D eigenvalue weighted by Crippen LogP contribution is 2.45. The lowest BCUT2D eigenvalue weighted by molar-refractivity contribution is 0.128. The fraction of sp³-hybridized carbons (Fsp3) is 0.250. The van der Waals surface area contributed by atoms with Gasteiger partial charge in [-0.2, -0.15) is 0 Å². The molecule has 0 N–H and O–H groups in total. The first kappa shape index (κ1) is 9.29. The summed E-state index contributed by atoms with van der Waals surface area (Å²) in [5, 5.41) is 0. The summed E-state index contributed by atoms with van der Waals surface area (Å²) in [6.07, 6.45) is 2.59. The van der Waals surface area contributed by atoms with Crippen molar-refractivity contribution in [2.75, 3.05) is 0 Å². The number of rotatable bonds is 0. The summed E-state index contributed by atoms with van der Waals surface area (Å²) in [6, 6.07) is 17.1. The highest BCUT2D eigenvalue weighted by Gasteiger charge is 2.37. The number of benzene rings is 2. The quantitative estimate of drug-likeness (QED) is 0.662. The van der Waals surface area contributed by atoms with Crippen LogP contribution in [-0.2, 0) is 12.8 Å². The van der Waals surface area contributed by atoms with Crippen molar-refractivity contribution in [3.05, 3.63) is 65.2 Å². The van der Waals surface area contributed by atoms with Gasteiger partial charge < -0.3 is 4.74 Å². The molecular weight excluding hydrogens is 208 g/mol. The molecule has 0 radical (unpaired) electrons. The third kappa shape index (κ3) is 1.32. The van der Waals surface area contributed by atoms with Gasteiger partial charge in [0.15, 0.2) is 0 Å². The molecule has 2 aromatic rings. The summed E-state index contributed by atoms with van der Waals surface area (Å²) >= 11 is 0. The highest BCUT2D eigenvalue weighted by molar-refractivity contribution is 5.42. The first-order valence-electron chi connectivity index (χ1n) is 6.24. The van der Waals surface area contributed by atoms with Crippen LogP contribution in [0.5, 0.6) is 5.75 Å². The van der Waals surface area contributed by atoms with Gasteiger partial charge in [0.1, 0.15) is 11.9 Å². The van der Waals surface area contributed by atoms with E-state index in [0.29, 0.717) is 5.92 Å². The van der Waals surface area contributed by atoms with Crippen LogP contribution in [-0.4, -0.2) is 0 Å². The number of para-hydroxylation sites is 1. The third-order valence-corrected chi connectivity index (χ3v) is 3.98. The Morgan fingerprint density at radius 3 is 2.47 bits per heavy atom. The van der Waals surface area contributed by atoms with E-state index in [1.165, 1.54) is 16.7 Å². The maximum atomic E-state index is 6.18. The summed E-state index contributed by atoms with van der Waals surface area (Å²) in [6.45, 7) is 0. The minimum absolute atomic E-state index is 0.279. The van der Waals surface area contributed by atoms with Crippen LogP contribution in [0.1, 0.15) is 22.8 Å². The number of hydrogen-bond donors (Lipinski definition) is 0. The summed E-state index contributed by atoms with van der Waals surface area (Å²) < 4.78 is 6.18. The molecular formula is C16H14O. The van der Waals surface area contributed by atoms with Crippen molar-refractivity contribution in [1.29, 1.82) is 0 Å². The van der Waals surface area contributed by atoms with Crippen LogP contribution in [0.3, 0.4) is 0 Å². The minimum atomic E-state index is 0.279. The zero-order chi connectivity index (χ0) is 11.2. The largest absolute Gasteiger partial charge is 0.485 e. The van der Waals surface area contributed by atoms with Gasteiger partial charge in [-0.3, -0.25) is 0 Å². The SMILES string of the molecule is c1ccc2c(c1)C[C@H]1Cc3ccccc3[C@H]1O2. The topological polar surface area (TPSA) is 9.23 Å². The Morgan fingerprint density at radius 2 is 1.53 bits per heavy atom. The van der Waals surface area contributed by atoms with Crippen LogP contribution in [0, 0.1) is 5.92 Å². The molecule has 84 valence electrons. The van der Waals surface area contributed by atoms with Crippen molar-refractivity contribution in [2.45, 2.75) is 18.9 Å². The van der Waals surface area contributed by atoms with Gasteiger partial charge in [-0.15, -0.1) is 0 Å². The molecule has 2 atom stereocenters. The summed E-state index contributed by atoms with van der Waals surface area (Å²) in [4.78, 5) is 0. The second-order valence-electron chi connectivity index (χ2n) is 5.01. The lowest BCUT2D eigenvalue weighted by Gasteiger charge is -2.29. The predicted octanol–water partition coefficient (Wildman–Crippen LogP) is 3.54. The monoisotopic (exact) mass is 222 g/mol. The Labute approximate surface area is 101 Å². The van der Waals surface area contributed by atoms with Crippen molar-refractivity contribution in [3.63, 3.8) is 0 Å². The van der Waals surface area contributed by atoms with E-state index >= 15 is 0 Å². The summed E-state index contributed by atoms with van der Waals surface area (Å²) in [5.41, 5.74) is 4.23. The van der Waals surface area contributed by atoms with Gasteiger partial charge in [0.2, 0.25) is 0 Å². The zero-order valence-corrected chi connectivity index (χ0v) is 9.60. The van der Waals surface area contributed by atoms with Crippen molar-refractivity contribution >= 4 is 0 Å². The van der Waals surface area contributed by atoms with E-state index in [2.05, 4.69) is 48.5 Å². The normalized spacial score (nSPS) is 24.5. The Balaban J connectivity index is 1.79. The molecule has 4 rings (SSSR count). The molecule has 1 nitrogen and oxygen atoms in total. The minimum Gasteiger partial charge on any atom is -0.485 e. The van der Waals surface area contributed by atoms with Gasteiger partial charge in [-0.05, 0) is 35.6 Å². The molecule has 0 saturated heterocycles. The first-order chi connectivity index (χ1) is 8.42. The molecule has 0 aromatic heterocycles. The van der Waals surface area contributed by atoms with Crippen LogP contribution in [0.4, 0.5) is 0 Å². The van der Waals surface area contributed by atoms with Gasteiger partial charge in [-0.1, -0.05) is 42.5 Å². The maximum Gasteiger partial charge on any atom is 0.127 e. The van der Waals surface area contributed by atoms with Crippen LogP contribution >= 0.6 is 0 Å². The van der Waals surface area contributed by atoms with Crippen molar-refractivity contribution in [3.8, 4) is 5.75 Å². The fourth-order valence-electron chi connectivity index (χ4n) is 3.19. The number of ether oxygens (including phenoxy) is 1. The fourth-order valence-corrected chi connectivity index (χ4v) is 3.19. The van der Waals surface area contributed by atoms with Crippen LogP contribution in [0.25, 0.3) is 0 Å². The van der Waals surface area contributed by atoms with Crippen LogP contribution in [0.15, 0.2) is 48.5 Å². The molecule has 1 aliphatic carbocycles. The average molecular weight is 222 g/mol. The lowest BCUT2D eigenvalue weighted by Crippen LogP contribution is -2.22. The molecule has 0 amide bonds. The average Bonchev–Trinajstić information content (AvgIpc) is 2.73. The molecule has 1 heteroatoms. The zero-order valence-electron chi connectivity index (χ0n) is 9.60. The second-order valence-corrected chi connectivity index (χ2v) is 5.01. The predicted molar refractivity (Wildman–Crippen MR) is 67.2 cm³/mol. The Morgan fingerprint density at radius 1 is 0.824 bits per heavy atom. The van der Waals surface area contributed by atoms with Gasteiger partial charge in [0, 0.05) is 5.92 Å². The molecule has 0 saturated carbocycles. The maximum absolute atomic E-state index is 6.18. The lowest BCUT2D eigenvalue weighted by atomic mass is 9.91. The van der Waals surface area contributed by atoms with Gasteiger partial charge in [-0.25, -0.2) is 0 Å². The van der Waals surface area contributed by atoms with E-state index in [4.69, 9.17) is 4.74 Å². The van der Waals surface area contributed by atoms with Crippen LogP contribution in [0.2, 0.25) is 0 Å².